The molecule has 19 heavy (non-hydrogen) atoms. The summed E-state index contributed by atoms with van der Waals surface area (Å²) in [6, 6.07) is 13.4. The summed E-state index contributed by atoms with van der Waals surface area (Å²) in [5.41, 5.74) is 0.680. The largest absolute Gasteiger partial charge is 0.380 e. The second-order valence-corrected chi connectivity index (χ2v) is 7.34. The summed E-state index contributed by atoms with van der Waals surface area (Å²) in [5.74, 6) is 0. The van der Waals surface area contributed by atoms with Crippen molar-refractivity contribution in [2.75, 3.05) is 0 Å². The topological polar surface area (TPSA) is 37.3 Å². The van der Waals surface area contributed by atoms with E-state index < -0.39 is 6.10 Å². The lowest BCUT2D eigenvalue weighted by Crippen LogP contribution is -2.17. The van der Waals surface area contributed by atoms with Crippen LogP contribution in [0.4, 0.5) is 0 Å². The number of hydrogen-bond donors (Lipinski definition) is 1. The van der Waals surface area contributed by atoms with Crippen LogP contribution in [0.15, 0.2) is 42.5 Å². The van der Waals surface area contributed by atoms with Gasteiger partial charge >= 0.3 is 0 Å². The van der Waals surface area contributed by atoms with Gasteiger partial charge in [-0.2, -0.15) is 0 Å². The molecule has 0 amide bonds. The second-order valence-electron chi connectivity index (χ2n) is 5.50. The molecule has 0 aliphatic heterocycles. The quantitative estimate of drug-likeness (QED) is 0.901. The number of benzene rings is 2. The van der Waals surface area contributed by atoms with Crippen molar-refractivity contribution >= 4 is 27.6 Å². The third-order valence-corrected chi connectivity index (χ3v) is 3.78. The first kappa shape index (κ1) is 14.1. The van der Waals surface area contributed by atoms with Gasteiger partial charge in [0.05, 0.1) is 0 Å². The molecule has 2 aromatic carbocycles. The van der Waals surface area contributed by atoms with Crippen LogP contribution in [-0.4, -0.2) is 15.0 Å². The van der Waals surface area contributed by atoms with Crippen LogP contribution in [0, 0.1) is 0 Å². The highest BCUT2D eigenvalue weighted by Gasteiger charge is 2.25. The van der Waals surface area contributed by atoms with Gasteiger partial charge in [-0.25, -0.2) is 0 Å². The maximum absolute atomic E-state index is 12.1. The van der Waals surface area contributed by atoms with Crippen molar-refractivity contribution in [3.63, 3.8) is 0 Å². The molecule has 3 heteroatoms. The first-order chi connectivity index (χ1) is 8.88. The summed E-state index contributed by atoms with van der Waals surface area (Å²) in [5, 5.41) is 12.0. The Labute approximate surface area is 117 Å². The van der Waals surface area contributed by atoms with E-state index in [2.05, 4.69) is 0 Å². The van der Waals surface area contributed by atoms with Gasteiger partial charge in [0.2, 0.25) is 5.12 Å². The molecule has 0 radical (unpaired) electrons. The molecule has 0 fully saturated rings. The van der Waals surface area contributed by atoms with Gasteiger partial charge in [-0.05, 0) is 16.3 Å². The Morgan fingerprint density at radius 2 is 1.74 bits per heavy atom. The lowest BCUT2D eigenvalue weighted by molar-refractivity contribution is -0.118. The minimum Gasteiger partial charge on any atom is -0.380 e. The molecule has 0 unspecified atom stereocenters. The minimum absolute atomic E-state index is 0.192. The third-order valence-electron chi connectivity index (χ3n) is 2.75. The van der Waals surface area contributed by atoms with Crippen molar-refractivity contribution in [2.24, 2.45) is 0 Å². The molecule has 2 aromatic rings. The zero-order valence-corrected chi connectivity index (χ0v) is 12.2. The lowest BCUT2D eigenvalue weighted by Gasteiger charge is -2.19. The van der Waals surface area contributed by atoms with Gasteiger partial charge in [0, 0.05) is 4.75 Å². The molecule has 0 saturated carbocycles. The van der Waals surface area contributed by atoms with Gasteiger partial charge in [-0.1, -0.05) is 75.0 Å². The van der Waals surface area contributed by atoms with Gasteiger partial charge < -0.3 is 5.11 Å². The second kappa shape index (κ2) is 5.35. The van der Waals surface area contributed by atoms with E-state index in [-0.39, 0.29) is 9.86 Å². The smallest absolute Gasteiger partial charge is 0.222 e. The molecule has 0 bridgehead atoms. The van der Waals surface area contributed by atoms with Crippen LogP contribution in [0.25, 0.3) is 10.8 Å². The SMILES string of the molecule is CC(C)(C)SC(=O)[C@H](O)c1cccc2ccccc12. The number of fused-ring (bicyclic) bond motifs is 1. The number of aliphatic hydroxyl groups is 1. The summed E-state index contributed by atoms with van der Waals surface area (Å²) < 4.78 is -0.192. The predicted octanol–water partition coefficient (Wildman–Crippen LogP) is 3.93. The number of rotatable bonds is 2. The normalized spacial score (nSPS) is 13.5. The molecule has 2 nitrogen and oxygen atoms in total. The zero-order chi connectivity index (χ0) is 14.0. The number of hydrogen-bond acceptors (Lipinski definition) is 3. The van der Waals surface area contributed by atoms with E-state index in [0.717, 1.165) is 10.8 Å². The van der Waals surface area contributed by atoms with E-state index >= 15 is 0 Å². The molecular formula is C16H18O2S. The molecule has 1 N–H and O–H groups in total. The third kappa shape index (κ3) is 3.37. The van der Waals surface area contributed by atoms with Crippen LogP contribution in [-0.2, 0) is 4.79 Å². The highest BCUT2D eigenvalue weighted by atomic mass is 32.2. The molecule has 0 saturated heterocycles. The molecule has 0 spiro atoms. The zero-order valence-electron chi connectivity index (χ0n) is 11.4. The van der Waals surface area contributed by atoms with Crippen molar-refractivity contribution in [1.82, 2.24) is 0 Å². The molecule has 0 aliphatic carbocycles. The Bertz CT molecular complexity index is 594. The van der Waals surface area contributed by atoms with Crippen molar-refractivity contribution in [3.05, 3.63) is 48.0 Å². The van der Waals surface area contributed by atoms with Crippen molar-refractivity contribution < 1.29 is 9.90 Å². The molecule has 2 rings (SSSR count). The summed E-state index contributed by atoms with van der Waals surface area (Å²) in [6.45, 7) is 5.89. The number of carbonyl (C=O) groups is 1. The van der Waals surface area contributed by atoms with Crippen LogP contribution in [0.2, 0.25) is 0 Å². The first-order valence-electron chi connectivity index (χ1n) is 6.27. The fraction of sp³-hybridized carbons (Fsp3) is 0.312. The molecule has 0 aliphatic rings. The molecule has 1 atom stereocenters. The van der Waals surface area contributed by atoms with E-state index in [1.165, 1.54) is 11.8 Å². The number of thioether (sulfide) groups is 1. The Morgan fingerprint density at radius 1 is 1.11 bits per heavy atom. The van der Waals surface area contributed by atoms with E-state index in [0.29, 0.717) is 5.56 Å². The summed E-state index contributed by atoms with van der Waals surface area (Å²) in [7, 11) is 0. The first-order valence-corrected chi connectivity index (χ1v) is 7.09. The average molecular weight is 274 g/mol. The average Bonchev–Trinajstić information content (AvgIpc) is 2.35. The van der Waals surface area contributed by atoms with Gasteiger partial charge in [0.25, 0.3) is 0 Å². The van der Waals surface area contributed by atoms with Crippen LogP contribution in [0.5, 0.6) is 0 Å². The molecular weight excluding hydrogens is 256 g/mol. The van der Waals surface area contributed by atoms with Crippen LogP contribution >= 0.6 is 11.8 Å². The fourth-order valence-corrected chi connectivity index (χ4v) is 2.82. The van der Waals surface area contributed by atoms with Crippen LogP contribution < -0.4 is 0 Å². The predicted molar refractivity (Wildman–Crippen MR) is 81.3 cm³/mol. The van der Waals surface area contributed by atoms with Crippen molar-refractivity contribution in [1.29, 1.82) is 0 Å². The van der Waals surface area contributed by atoms with E-state index in [1.54, 1.807) is 0 Å². The van der Waals surface area contributed by atoms with Crippen molar-refractivity contribution in [2.45, 2.75) is 31.6 Å². The van der Waals surface area contributed by atoms with Gasteiger partial charge in [-0.3, -0.25) is 4.79 Å². The molecule has 0 heterocycles. The summed E-state index contributed by atoms with van der Waals surface area (Å²) in [6.07, 6.45) is -1.07. The summed E-state index contributed by atoms with van der Waals surface area (Å²) in [4.78, 5) is 12.1. The maximum Gasteiger partial charge on any atom is 0.222 e. The summed E-state index contributed by atoms with van der Waals surface area (Å²) >= 11 is 1.18. The van der Waals surface area contributed by atoms with Gasteiger partial charge in [0.15, 0.2) is 0 Å². The van der Waals surface area contributed by atoms with Crippen LogP contribution in [0.3, 0.4) is 0 Å². The highest BCUT2D eigenvalue weighted by molar-refractivity contribution is 8.14. The Hall–Kier alpha value is -1.32. The van der Waals surface area contributed by atoms with E-state index in [9.17, 15) is 9.90 Å². The van der Waals surface area contributed by atoms with E-state index in [4.69, 9.17) is 0 Å². The van der Waals surface area contributed by atoms with Crippen LogP contribution in [0.1, 0.15) is 32.4 Å². The molecule has 0 aromatic heterocycles. The highest BCUT2D eigenvalue weighted by Crippen LogP contribution is 2.32. The maximum atomic E-state index is 12.1. The monoisotopic (exact) mass is 274 g/mol. The fourth-order valence-electron chi connectivity index (χ4n) is 1.97. The Kier molecular flexibility index (Phi) is 3.97. The van der Waals surface area contributed by atoms with Gasteiger partial charge in [0.1, 0.15) is 6.10 Å². The Morgan fingerprint density at radius 3 is 2.42 bits per heavy atom. The lowest BCUT2D eigenvalue weighted by atomic mass is 10.0. The standard InChI is InChI=1S/C16H18O2S/c1-16(2,3)19-15(18)14(17)13-10-6-8-11-7-4-5-9-12(11)13/h4-10,14,17H,1-3H3/t14-/m1/s1. The number of aliphatic hydroxyl groups excluding tert-OH is 1. The Balaban J connectivity index is 2.36. The molecule has 100 valence electrons. The van der Waals surface area contributed by atoms with E-state index in [1.807, 2.05) is 63.2 Å². The van der Waals surface area contributed by atoms with Gasteiger partial charge in [-0.15, -0.1) is 0 Å². The van der Waals surface area contributed by atoms with Crippen molar-refractivity contribution in [3.8, 4) is 0 Å². The minimum atomic E-state index is -1.07. The number of carbonyl (C=O) groups excluding carboxylic acids is 1.